The van der Waals surface area contributed by atoms with Crippen molar-refractivity contribution in [2.45, 2.75) is 45.6 Å². The Morgan fingerprint density at radius 3 is 2.91 bits per heavy atom. The molecule has 0 spiro atoms. The number of sulfonamides is 1. The number of ether oxygens (including phenoxy) is 1. The van der Waals surface area contributed by atoms with E-state index >= 15 is 0 Å². The molecule has 1 atom stereocenters. The first-order valence-corrected chi connectivity index (χ1v) is 9.59. The summed E-state index contributed by atoms with van der Waals surface area (Å²) in [7, 11) is -1.40. The molecule has 6 nitrogen and oxygen atoms in total. The van der Waals surface area contributed by atoms with Gasteiger partial charge in [0.2, 0.25) is 10.0 Å². The Balaban J connectivity index is 2.07. The summed E-state index contributed by atoms with van der Waals surface area (Å²) in [5.74, 6) is 1.45. The molecular formula is C15H27N3O3S. The first kappa shape index (κ1) is 17.4. The fraction of sp³-hybridized carbons (Fsp3) is 0.800. The molecule has 22 heavy (non-hydrogen) atoms. The standard InChI is InChI=1S/C15H27N3O3S/c1-4-10-22(19,20)17-8-6-14(12-17)15-16-11-13(2)18(15)7-5-9-21-3/h11,14H,4-10,12H2,1-3H3. The van der Waals surface area contributed by atoms with E-state index < -0.39 is 10.0 Å². The van der Waals surface area contributed by atoms with E-state index in [-0.39, 0.29) is 11.7 Å². The van der Waals surface area contributed by atoms with E-state index in [1.807, 2.05) is 20.0 Å². The molecule has 7 heteroatoms. The van der Waals surface area contributed by atoms with Crippen LogP contribution in [0.3, 0.4) is 0 Å². The largest absolute Gasteiger partial charge is 0.385 e. The second-order valence-electron chi connectivity index (χ2n) is 5.92. The molecule has 0 bridgehead atoms. The maximum absolute atomic E-state index is 12.2. The van der Waals surface area contributed by atoms with Gasteiger partial charge in [0.15, 0.2) is 0 Å². The van der Waals surface area contributed by atoms with Crippen LogP contribution in [0.5, 0.6) is 0 Å². The Bertz CT molecular complexity index is 583. The van der Waals surface area contributed by atoms with E-state index in [0.717, 1.165) is 37.5 Å². The average Bonchev–Trinajstić information content (AvgIpc) is 3.07. The molecule has 1 aliphatic heterocycles. The summed E-state index contributed by atoms with van der Waals surface area (Å²) < 4.78 is 33.3. The number of imidazole rings is 1. The van der Waals surface area contributed by atoms with Gasteiger partial charge in [0.1, 0.15) is 5.82 Å². The molecule has 0 radical (unpaired) electrons. The summed E-state index contributed by atoms with van der Waals surface area (Å²) in [6, 6.07) is 0. The molecule has 1 saturated heterocycles. The lowest BCUT2D eigenvalue weighted by atomic mass is 10.1. The quantitative estimate of drug-likeness (QED) is 0.682. The first-order valence-electron chi connectivity index (χ1n) is 7.98. The Labute approximate surface area is 133 Å². The minimum Gasteiger partial charge on any atom is -0.385 e. The molecule has 0 saturated carbocycles. The zero-order valence-corrected chi connectivity index (χ0v) is 14.6. The van der Waals surface area contributed by atoms with Crippen molar-refractivity contribution in [3.05, 3.63) is 17.7 Å². The number of aryl methyl sites for hydroxylation is 1. The van der Waals surface area contributed by atoms with Crippen LogP contribution in [0.1, 0.15) is 43.6 Å². The number of hydrogen-bond acceptors (Lipinski definition) is 4. The zero-order valence-electron chi connectivity index (χ0n) is 13.8. The smallest absolute Gasteiger partial charge is 0.214 e. The van der Waals surface area contributed by atoms with Crippen molar-refractivity contribution in [2.24, 2.45) is 0 Å². The number of aromatic nitrogens is 2. The lowest BCUT2D eigenvalue weighted by Gasteiger charge is -2.17. The summed E-state index contributed by atoms with van der Waals surface area (Å²) in [6.45, 7) is 6.70. The second kappa shape index (κ2) is 7.57. The van der Waals surface area contributed by atoms with E-state index in [0.29, 0.717) is 19.5 Å². The van der Waals surface area contributed by atoms with E-state index in [4.69, 9.17) is 4.74 Å². The fourth-order valence-corrected chi connectivity index (χ4v) is 4.61. The van der Waals surface area contributed by atoms with Crippen molar-refractivity contribution in [3.8, 4) is 0 Å². The van der Waals surface area contributed by atoms with Crippen LogP contribution < -0.4 is 0 Å². The molecule has 0 N–H and O–H groups in total. The van der Waals surface area contributed by atoms with E-state index in [1.165, 1.54) is 0 Å². The molecular weight excluding hydrogens is 302 g/mol. The highest BCUT2D eigenvalue weighted by Crippen LogP contribution is 2.29. The monoisotopic (exact) mass is 329 g/mol. The highest BCUT2D eigenvalue weighted by Gasteiger charge is 2.33. The number of methoxy groups -OCH3 is 1. The Kier molecular flexibility index (Phi) is 6.00. The minimum absolute atomic E-state index is 0.197. The normalized spacial score (nSPS) is 19.9. The van der Waals surface area contributed by atoms with Gasteiger partial charge in [-0.25, -0.2) is 17.7 Å². The lowest BCUT2D eigenvalue weighted by molar-refractivity contribution is 0.189. The van der Waals surface area contributed by atoms with E-state index in [2.05, 4.69) is 9.55 Å². The van der Waals surface area contributed by atoms with Gasteiger partial charge in [-0.1, -0.05) is 6.92 Å². The van der Waals surface area contributed by atoms with Gasteiger partial charge in [-0.2, -0.15) is 0 Å². The number of rotatable bonds is 8. The number of nitrogens with zero attached hydrogens (tertiary/aromatic N) is 3. The van der Waals surface area contributed by atoms with Gasteiger partial charge in [-0.15, -0.1) is 0 Å². The van der Waals surface area contributed by atoms with Gasteiger partial charge >= 0.3 is 0 Å². The third-order valence-corrected chi connectivity index (χ3v) is 6.23. The topological polar surface area (TPSA) is 64.4 Å². The third-order valence-electron chi connectivity index (χ3n) is 4.19. The summed E-state index contributed by atoms with van der Waals surface area (Å²) in [4.78, 5) is 4.54. The molecule has 1 unspecified atom stereocenters. The maximum Gasteiger partial charge on any atom is 0.214 e. The van der Waals surface area contributed by atoms with Crippen LogP contribution in [0.15, 0.2) is 6.20 Å². The SMILES string of the molecule is CCCS(=O)(=O)N1CCC(c2ncc(C)n2CCCOC)C1. The summed E-state index contributed by atoms with van der Waals surface area (Å²) in [5.41, 5.74) is 1.13. The fourth-order valence-electron chi connectivity index (χ4n) is 3.04. The van der Waals surface area contributed by atoms with Gasteiger partial charge in [-0.3, -0.25) is 0 Å². The third kappa shape index (κ3) is 3.88. The highest BCUT2D eigenvalue weighted by atomic mass is 32.2. The van der Waals surface area contributed by atoms with Crippen LogP contribution in [-0.4, -0.2) is 54.8 Å². The molecule has 1 fully saturated rings. The van der Waals surface area contributed by atoms with Crippen LogP contribution in [0, 0.1) is 6.92 Å². The van der Waals surface area contributed by atoms with Gasteiger partial charge < -0.3 is 9.30 Å². The lowest BCUT2D eigenvalue weighted by Crippen LogP contribution is -2.30. The zero-order chi connectivity index (χ0) is 16.2. The molecule has 126 valence electrons. The predicted molar refractivity (Wildman–Crippen MR) is 86.5 cm³/mol. The van der Waals surface area contributed by atoms with Crippen molar-refractivity contribution in [3.63, 3.8) is 0 Å². The molecule has 0 aliphatic carbocycles. The van der Waals surface area contributed by atoms with Gasteiger partial charge in [0.05, 0.1) is 5.75 Å². The maximum atomic E-state index is 12.2. The van der Waals surface area contributed by atoms with Crippen molar-refractivity contribution >= 4 is 10.0 Å². The Hall–Kier alpha value is -0.920. The molecule has 1 aromatic rings. The summed E-state index contributed by atoms with van der Waals surface area (Å²) in [6.07, 6.45) is 4.33. The Morgan fingerprint density at radius 2 is 2.23 bits per heavy atom. The van der Waals surface area contributed by atoms with E-state index in [9.17, 15) is 8.42 Å². The summed E-state index contributed by atoms with van der Waals surface area (Å²) in [5, 5.41) is 0. The number of hydrogen-bond donors (Lipinski definition) is 0. The predicted octanol–water partition coefficient (Wildman–Crippen LogP) is 1.76. The molecule has 1 aliphatic rings. The van der Waals surface area contributed by atoms with Crippen molar-refractivity contribution < 1.29 is 13.2 Å². The molecule has 2 rings (SSSR count). The highest BCUT2D eigenvalue weighted by molar-refractivity contribution is 7.89. The van der Waals surface area contributed by atoms with Crippen LogP contribution in [-0.2, 0) is 21.3 Å². The average molecular weight is 329 g/mol. The van der Waals surface area contributed by atoms with Crippen LogP contribution >= 0.6 is 0 Å². The van der Waals surface area contributed by atoms with Gasteiger partial charge in [0.25, 0.3) is 0 Å². The van der Waals surface area contributed by atoms with Crippen LogP contribution in [0.4, 0.5) is 0 Å². The Morgan fingerprint density at radius 1 is 1.45 bits per heavy atom. The molecule has 0 amide bonds. The van der Waals surface area contributed by atoms with Gasteiger partial charge in [0, 0.05) is 51.2 Å². The molecule has 0 aromatic carbocycles. The van der Waals surface area contributed by atoms with E-state index in [1.54, 1.807) is 11.4 Å². The van der Waals surface area contributed by atoms with Crippen LogP contribution in [0.25, 0.3) is 0 Å². The first-order chi connectivity index (χ1) is 10.5. The second-order valence-corrected chi connectivity index (χ2v) is 8.00. The molecule has 2 heterocycles. The van der Waals surface area contributed by atoms with Gasteiger partial charge in [-0.05, 0) is 26.2 Å². The van der Waals surface area contributed by atoms with Crippen molar-refractivity contribution in [1.29, 1.82) is 0 Å². The minimum atomic E-state index is -3.10. The van der Waals surface area contributed by atoms with Crippen molar-refractivity contribution in [2.75, 3.05) is 32.6 Å². The molecule has 1 aromatic heterocycles. The van der Waals surface area contributed by atoms with Crippen molar-refractivity contribution in [1.82, 2.24) is 13.9 Å². The summed E-state index contributed by atoms with van der Waals surface area (Å²) >= 11 is 0. The van der Waals surface area contributed by atoms with Crippen LogP contribution in [0.2, 0.25) is 0 Å².